The number of carbonyl (C=O) groups is 1. The quantitative estimate of drug-likeness (QED) is 0.124. The zero-order valence-electron chi connectivity index (χ0n) is 26.0. The summed E-state index contributed by atoms with van der Waals surface area (Å²) in [5, 5.41) is 1.16. The van der Waals surface area contributed by atoms with Crippen LogP contribution in [0.1, 0.15) is 56.0 Å². The van der Waals surface area contributed by atoms with E-state index in [-0.39, 0.29) is 18.3 Å². The Bertz CT molecular complexity index is 1990. The van der Waals surface area contributed by atoms with Crippen LogP contribution in [0.5, 0.6) is 11.5 Å². The molecule has 3 aromatic carbocycles. The van der Waals surface area contributed by atoms with Crippen molar-refractivity contribution < 1.29 is 19.0 Å². The molecule has 1 atom stereocenters. The molecule has 0 fully saturated rings. The first-order valence-corrected chi connectivity index (χ1v) is 16.4. The Balaban J connectivity index is 1.63. The van der Waals surface area contributed by atoms with Gasteiger partial charge >= 0.3 is 5.97 Å². The average Bonchev–Trinajstić information content (AvgIpc) is 3.31. The predicted octanol–water partition coefficient (Wildman–Crippen LogP) is 7.20. The van der Waals surface area contributed by atoms with Crippen LogP contribution in [0, 0.1) is 0 Å². The number of benzene rings is 3. The van der Waals surface area contributed by atoms with Gasteiger partial charge in [0.1, 0.15) is 6.61 Å². The van der Waals surface area contributed by atoms with E-state index < -0.39 is 12.0 Å². The molecule has 0 bridgehead atoms. The molecule has 0 unspecified atom stereocenters. The second kappa shape index (κ2) is 14.5. The summed E-state index contributed by atoms with van der Waals surface area (Å²) in [6, 6.07) is 17.7. The number of nitrogens with zero attached hydrogens (tertiary/aromatic N) is 2. The van der Waals surface area contributed by atoms with Gasteiger partial charge in [-0.25, -0.2) is 9.79 Å². The second-order valence-electron chi connectivity index (χ2n) is 10.9. The number of carbonyl (C=O) groups excluding carboxylic acids is 1. The van der Waals surface area contributed by atoms with Crippen molar-refractivity contribution in [1.29, 1.82) is 0 Å². The molecular formula is C36H34Cl2N2O5S. The number of hydrogen-bond acceptors (Lipinski definition) is 7. The van der Waals surface area contributed by atoms with Gasteiger partial charge in [-0.2, -0.15) is 0 Å². The molecule has 10 heteroatoms. The van der Waals surface area contributed by atoms with Gasteiger partial charge in [0.15, 0.2) is 16.3 Å². The standard InChI is InChI=1S/C36H34Cl2N2O5S/c1-6-10-25-17-23(18-29(43-7-2)33(25)44-20-26-11-8-9-12-28(26)38)19-30-34(41)40-32(24-13-15-27(37)16-14-24)31(35(42)45-21(3)4)22(5)39-36(40)46-30/h6,8-9,11-19,21,32H,1,7,10,20H2,2-5H3/b30-19+/t32-/m1/s1. The minimum atomic E-state index is -0.738. The highest BCUT2D eigenvalue weighted by Gasteiger charge is 2.33. The van der Waals surface area contributed by atoms with Gasteiger partial charge in [0.05, 0.1) is 34.6 Å². The molecule has 0 amide bonds. The summed E-state index contributed by atoms with van der Waals surface area (Å²) in [4.78, 5) is 32.7. The third-order valence-electron chi connectivity index (χ3n) is 7.22. The average molecular weight is 678 g/mol. The fourth-order valence-electron chi connectivity index (χ4n) is 5.24. The normalized spacial score (nSPS) is 14.6. The zero-order valence-corrected chi connectivity index (χ0v) is 28.3. The van der Waals surface area contributed by atoms with E-state index in [0.717, 1.165) is 16.7 Å². The Morgan fingerprint density at radius 3 is 2.50 bits per heavy atom. The van der Waals surface area contributed by atoms with Gasteiger partial charge in [0, 0.05) is 21.2 Å². The van der Waals surface area contributed by atoms with Crippen LogP contribution in [0.3, 0.4) is 0 Å². The Morgan fingerprint density at radius 2 is 1.83 bits per heavy atom. The number of thiazole rings is 1. The summed E-state index contributed by atoms with van der Waals surface area (Å²) >= 11 is 13.8. The van der Waals surface area contributed by atoms with Crippen molar-refractivity contribution in [2.45, 2.75) is 52.9 Å². The van der Waals surface area contributed by atoms with Crippen molar-refractivity contribution in [2.75, 3.05) is 6.61 Å². The van der Waals surface area contributed by atoms with Crippen LogP contribution in [0.25, 0.3) is 6.08 Å². The first kappa shape index (κ1) is 33.3. The number of hydrogen-bond donors (Lipinski definition) is 0. The monoisotopic (exact) mass is 676 g/mol. The minimum absolute atomic E-state index is 0.257. The highest BCUT2D eigenvalue weighted by atomic mass is 35.5. The lowest BCUT2D eigenvalue weighted by molar-refractivity contribution is -0.143. The molecule has 0 aliphatic carbocycles. The predicted molar refractivity (Wildman–Crippen MR) is 184 cm³/mol. The molecule has 1 aromatic heterocycles. The van der Waals surface area contributed by atoms with Crippen molar-refractivity contribution in [3.05, 3.63) is 137 Å². The van der Waals surface area contributed by atoms with Crippen LogP contribution in [0.4, 0.5) is 0 Å². The van der Waals surface area contributed by atoms with Gasteiger partial charge in [-0.1, -0.05) is 70.9 Å². The fraction of sp³-hybridized carbons (Fsp3) is 0.250. The lowest BCUT2D eigenvalue weighted by Gasteiger charge is -2.25. The lowest BCUT2D eigenvalue weighted by Crippen LogP contribution is -2.40. The molecule has 0 spiro atoms. The summed E-state index contributed by atoms with van der Waals surface area (Å²) in [5.41, 5.74) is 3.67. The molecule has 5 rings (SSSR count). The van der Waals surface area contributed by atoms with Gasteiger partial charge in [-0.3, -0.25) is 9.36 Å². The van der Waals surface area contributed by atoms with Crippen LogP contribution in [0.15, 0.2) is 94.4 Å². The Morgan fingerprint density at radius 1 is 1.09 bits per heavy atom. The smallest absolute Gasteiger partial charge is 0.338 e. The van der Waals surface area contributed by atoms with E-state index >= 15 is 0 Å². The largest absolute Gasteiger partial charge is 0.490 e. The van der Waals surface area contributed by atoms with Crippen LogP contribution in [0.2, 0.25) is 10.0 Å². The fourth-order valence-corrected chi connectivity index (χ4v) is 6.60. The van der Waals surface area contributed by atoms with Crippen LogP contribution >= 0.6 is 34.5 Å². The maximum absolute atomic E-state index is 14.1. The van der Waals surface area contributed by atoms with E-state index in [1.54, 1.807) is 49.6 Å². The van der Waals surface area contributed by atoms with Crippen molar-refractivity contribution in [2.24, 2.45) is 4.99 Å². The first-order chi connectivity index (χ1) is 22.1. The third-order valence-corrected chi connectivity index (χ3v) is 8.82. The second-order valence-corrected chi connectivity index (χ2v) is 12.8. The van der Waals surface area contributed by atoms with Gasteiger partial charge in [-0.15, -0.1) is 6.58 Å². The molecule has 7 nitrogen and oxygen atoms in total. The van der Waals surface area contributed by atoms with Crippen molar-refractivity contribution in [3.8, 4) is 11.5 Å². The Hall–Kier alpha value is -4.11. The van der Waals surface area contributed by atoms with E-state index in [1.165, 1.54) is 11.3 Å². The molecule has 2 heterocycles. The third kappa shape index (κ3) is 7.15. The number of esters is 1. The topological polar surface area (TPSA) is 79.1 Å². The number of aromatic nitrogens is 1. The summed E-state index contributed by atoms with van der Waals surface area (Å²) in [7, 11) is 0. The Labute approximate surface area is 281 Å². The number of fused-ring (bicyclic) bond motifs is 1. The van der Waals surface area contributed by atoms with Crippen molar-refractivity contribution in [1.82, 2.24) is 4.57 Å². The number of halogens is 2. The lowest BCUT2D eigenvalue weighted by atomic mass is 9.96. The molecule has 0 N–H and O–H groups in total. The molecule has 4 aromatic rings. The molecule has 46 heavy (non-hydrogen) atoms. The molecular weight excluding hydrogens is 643 g/mol. The van der Waals surface area contributed by atoms with Crippen LogP contribution < -0.4 is 24.4 Å². The first-order valence-electron chi connectivity index (χ1n) is 14.9. The zero-order chi connectivity index (χ0) is 33.0. The van der Waals surface area contributed by atoms with Crippen LogP contribution in [-0.2, 0) is 22.6 Å². The molecule has 1 aliphatic rings. The van der Waals surface area contributed by atoms with E-state index in [1.807, 2.05) is 55.5 Å². The van der Waals surface area contributed by atoms with Gasteiger partial charge < -0.3 is 14.2 Å². The highest BCUT2D eigenvalue weighted by molar-refractivity contribution is 7.07. The summed E-state index contributed by atoms with van der Waals surface area (Å²) in [6.07, 6.45) is 3.76. The van der Waals surface area contributed by atoms with Gasteiger partial charge in [0.2, 0.25) is 0 Å². The molecule has 0 saturated heterocycles. The highest BCUT2D eigenvalue weighted by Crippen LogP contribution is 2.36. The van der Waals surface area contributed by atoms with E-state index in [4.69, 9.17) is 37.4 Å². The number of ether oxygens (including phenoxy) is 3. The van der Waals surface area contributed by atoms with Gasteiger partial charge in [0.25, 0.3) is 5.56 Å². The van der Waals surface area contributed by atoms with E-state index in [0.29, 0.717) is 60.7 Å². The molecule has 0 saturated carbocycles. The van der Waals surface area contributed by atoms with Crippen molar-refractivity contribution in [3.63, 3.8) is 0 Å². The van der Waals surface area contributed by atoms with Gasteiger partial charge in [-0.05, 0) is 81.7 Å². The Kier molecular flexibility index (Phi) is 10.5. The summed E-state index contributed by atoms with van der Waals surface area (Å²) in [5.74, 6) is 0.613. The number of allylic oxidation sites excluding steroid dienone is 2. The summed E-state index contributed by atoms with van der Waals surface area (Å²) < 4.78 is 19.9. The van der Waals surface area contributed by atoms with E-state index in [2.05, 4.69) is 11.6 Å². The maximum Gasteiger partial charge on any atom is 0.338 e. The summed E-state index contributed by atoms with van der Waals surface area (Å²) in [6.45, 7) is 11.8. The minimum Gasteiger partial charge on any atom is -0.490 e. The SMILES string of the molecule is C=CCc1cc(/C=c2/sc3n(c2=O)[C@H](c2ccc(Cl)cc2)C(C(=O)OC(C)C)=C(C)N=3)cc(OCC)c1OCc1ccccc1Cl. The number of rotatable bonds is 11. The maximum atomic E-state index is 14.1. The molecule has 238 valence electrons. The molecule has 0 radical (unpaired) electrons. The molecule has 1 aliphatic heterocycles. The van der Waals surface area contributed by atoms with Crippen LogP contribution in [-0.4, -0.2) is 23.2 Å². The van der Waals surface area contributed by atoms with Crippen molar-refractivity contribution >= 4 is 46.6 Å². The van der Waals surface area contributed by atoms with E-state index in [9.17, 15) is 9.59 Å².